The van der Waals surface area contributed by atoms with Gasteiger partial charge in [0.1, 0.15) is 30.0 Å². The number of imidazole rings is 1. The van der Waals surface area contributed by atoms with Crippen LogP contribution in [0.25, 0.3) is 16.6 Å². The third kappa shape index (κ3) is 4.16. The van der Waals surface area contributed by atoms with Crippen molar-refractivity contribution < 1.29 is 14.7 Å². The van der Waals surface area contributed by atoms with E-state index < -0.39 is 0 Å². The number of H-pyrrole nitrogens is 1. The number of nitriles is 1. The number of fused-ring (bicyclic) bond motifs is 1. The lowest BCUT2D eigenvalue weighted by Gasteiger charge is -2.22. The lowest BCUT2D eigenvalue weighted by molar-refractivity contribution is -0.913. The van der Waals surface area contributed by atoms with Gasteiger partial charge in [-0.1, -0.05) is 12.1 Å². The predicted molar refractivity (Wildman–Crippen MR) is 109 cm³/mol. The molecule has 0 radical (unpaired) electrons. The van der Waals surface area contributed by atoms with Crippen molar-refractivity contribution in [1.82, 2.24) is 9.97 Å². The standard InChI is InChI=1S/C22H24N4O2/c1-4-28-17-11-9-16(10-12-17)14-26(3)15(2)21(27)18(13-23)22-24-19-7-5-6-8-20(19)25-22/h5-12,15,27H,4,14H2,1-3H3,(H,24,25)/p+1/b21-18-/t15-/m0/s1. The van der Waals surface area contributed by atoms with E-state index in [0.29, 0.717) is 19.0 Å². The van der Waals surface area contributed by atoms with Crippen LogP contribution >= 0.6 is 0 Å². The average molecular weight is 377 g/mol. The number of aromatic nitrogens is 2. The summed E-state index contributed by atoms with van der Waals surface area (Å²) >= 11 is 0. The number of nitrogens with one attached hydrogen (secondary N) is 2. The fourth-order valence-corrected chi connectivity index (χ4v) is 3.10. The summed E-state index contributed by atoms with van der Waals surface area (Å²) in [6.07, 6.45) is 0. The highest BCUT2D eigenvalue weighted by Gasteiger charge is 2.24. The van der Waals surface area contributed by atoms with Crippen LogP contribution in [-0.2, 0) is 6.54 Å². The summed E-state index contributed by atoms with van der Waals surface area (Å²) in [5.74, 6) is 1.27. The molecule has 1 unspecified atom stereocenters. The van der Waals surface area contributed by atoms with Crippen LogP contribution < -0.4 is 9.64 Å². The fourth-order valence-electron chi connectivity index (χ4n) is 3.10. The van der Waals surface area contributed by atoms with E-state index in [4.69, 9.17) is 4.74 Å². The van der Waals surface area contributed by atoms with Crippen LogP contribution in [0, 0.1) is 11.3 Å². The first-order valence-corrected chi connectivity index (χ1v) is 9.35. The number of hydrogen-bond donors (Lipinski definition) is 3. The molecule has 0 bridgehead atoms. The maximum atomic E-state index is 10.8. The second-order valence-electron chi connectivity index (χ2n) is 6.80. The minimum Gasteiger partial charge on any atom is -0.505 e. The Hall–Kier alpha value is -3.30. The van der Waals surface area contributed by atoms with Gasteiger partial charge in [-0.05, 0) is 50.2 Å². The summed E-state index contributed by atoms with van der Waals surface area (Å²) in [6.45, 7) is 5.20. The van der Waals surface area contributed by atoms with Crippen LogP contribution in [0.4, 0.5) is 0 Å². The molecule has 2 atom stereocenters. The number of rotatable bonds is 7. The molecule has 6 heteroatoms. The maximum Gasteiger partial charge on any atom is 0.172 e. The number of para-hydroxylation sites is 2. The molecule has 0 aliphatic heterocycles. The van der Waals surface area contributed by atoms with Crippen molar-refractivity contribution in [3.05, 3.63) is 65.7 Å². The molecular formula is C22H25N4O2+. The molecular weight excluding hydrogens is 352 g/mol. The molecule has 6 nitrogen and oxygen atoms in total. The average Bonchev–Trinajstić information content (AvgIpc) is 3.13. The van der Waals surface area contributed by atoms with Crippen LogP contribution in [0.2, 0.25) is 0 Å². The summed E-state index contributed by atoms with van der Waals surface area (Å²) in [5.41, 5.74) is 2.90. The molecule has 144 valence electrons. The number of allylic oxidation sites excluding steroid dienone is 1. The number of aliphatic hydroxyl groups is 1. The van der Waals surface area contributed by atoms with Gasteiger partial charge in [-0.2, -0.15) is 5.26 Å². The van der Waals surface area contributed by atoms with E-state index in [9.17, 15) is 10.4 Å². The van der Waals surface area contributed by atoms with Crippen LogP contribution in [0.15, 0.2) is 54.3 Å². The zero-order valence-electron chi connectivity index (χ0n) is 16.4. The maximum absolute atomic E-state index is 10.8. The molecule has 3 N–H and O–H groups in total. The zero-order valence-corrected chi connectivity index (χ0v) is 16.4. The van der Waals surface area contributed by atoms with Gasteiger partial charge in [-0.25, -0.2) is 4.98 Å². The van der Waals surface area contributed by atoms with E-state index in [2.05, 4.69) is 16.0 Å². The minimum atomic E-state index is -0.269. The summed E-state index contributed by atoms with van der Waals surface area (Å²) < 4.78 is 5.47. The number of ether oxygens (including phenoxy) is 1. The van der Waals surface area contributed by atoms with Crippen molar-refractivity contribution in [2.24, 2.45) is 0 Å². The minimum absolute atomic E-state index is 0.0324. The molecule has 0 aliphatic carbocycles. The Bertz CT molecular complexity index is 982. The first-order chi connectivity index (χ1) is 13.5. The van der Waals surface area contributed by atoms with E-state index in [-0.39, 0.29) is 17.4 Å². The number of quaternary nitrogens is 1. The molecule has 2 aromatic carbocycles. The number of aliphatic hydroxyl groups excluding tert-OH is 1. The first-order valence-electron chi connectivity index (χ1n) is 9.35. The molecule has 0 saturated heterocycles. The highest BCUT2D eigenvalue weighted by atomic mass is 16.5. The lowest BCUT2D eigenvalue weighted by Crippen LogP contribution is -3.11. The van der Waals surface area contributed by atoms with Gasteiger partial charge in [-0.15, -0.1) is 0 Å². The smallest absolute Gasteiger partial charge is 0.172 e. The van der Waals surface area contributed by atoms with Gasteiger partial charge >= 0.3 is 0 Å². The predicted octanol–water partition coefficient (Wildman–Crippen LogP) is 2.86. The van der Waals surface area contributed by atoms with Gasteiger partial charge in [0.25, 0.3) is 0 Å². The second kappa shape index (κ2) is 8.59. The highest BCUT2D eigenvalue weighted by Crippen LogP contribution is 2.19. The van der Waals surface area contributed by atoms with Gasteiger partial charge in [0.05, 0.1) is 24.7 Å². The Balaban J connectivity index is 1.80. The zero-order chi connectivity index (χ0) is 20.1. The van der Waals surface area contributed by atoms with Crippen LogP contribution in [0.5, 0.6) is 5.75 Å². The van der Waals surface area contributed by atoms with E-state index in [1.807, 2.05) is 69.4 Å². The van der Waals surface area contributed by atoms with Crippen molar-refractivity contribution >= 4 is 16.6 Å². The topological polar surface area (TPSA) is 86.4 Å². The fraction of sp³-hybridized carbons (Fsp3) is 0.273. The lowest BCUT2D eigenvalue weighted by atomic mass is 10.1. The first kappa shape index (κ1) is 19.5. The molecule has 28 heavy (non-hydrogen) atoms. The van der Waals surface area contributed by atoms with E-state index in [0.717, 1.165) is 27.2 Å². The van der Waals surface area contributed by atoms with Crippen LogP contribution in [0.1, 0.15) is 25.2 Å². The van der Waals surface area contributed by atoms with Crippen molar-refractivity contribution in [2.75, 3.05) is 13.7 Å². The highest BCUT2D eigenvalue weighted by molar-refractivity contribution is 5.82. The quantitative estimate of drug-likeness (QED) is 0.436. The van der Waals surface area contributed by atoms with Crippen molar-refractivity contribution in [3.8, 4) is 11.8 Å². The number of aromatic amines is 1. The molecule has 0 fully saturated rings. The second-order valence-corrected chi connectivity index (χ2v) is 6.80. The molecule has 1 aromatic heterocycles. The molecule has 0 saturated carbocycles. The van der Waals surface area contributed by atoms with Crippen LogP contribution in [0.3, 0.4) is 0 Å². The summed E-state index contributed by atoms with van der Waals surface area (Å²) in [7, 11) is 1.99. The molecule has 1 heterocycles. The third-order valence-electron chi connectivity index (χ3n) is 4.86. The molecule has 0 amide bonds. The van der Waals surface area contributed by atoms with Gasteiger partial charge in [0.15, 0.2) is 11.6 Å². The Morgan fingerprint density at radius 3 is 2.61 bits per heavy atom. The number of likely N-dealkylation sites (N-methyl/N-ethyl adjacent to an activating group) is 1. The number of nitrogens with zero attached hydrogens (tertiary/aromatic N) is 2. The Labute approximate surface area is 164 Å². The summed E-state index contributed by atoms with van der Waals surface area (Å²) in [6, 6.07) is 17.3. The molecule has 3 aromatic rings. The van der Waals surface area contributed by atoms with Crippen molar-refractivity contribution in [1.29, 1.82) is 5.26 Å². The molecule has 0 spiro atoms. The van der Waals surface area contributed by atoms with Gasteiger partial charge in [-0.3, -0.25) is 0 Å². The van der Waals surface area contributed by atoms with E-state index in [1.54, 1.807) is 0 Å². The largest absolute Gasteiger partial charge is 0.505 e. The summed E-state index contributed by atoms with van der Waals surface area (Å²) in [4.78, 5) is 8.61. The van der Waals surface area contributed by atoms with Crippen molar-refractivity contribution in [2.45, 2.75) is 26.4 Å². The van der Waals surface area contributed by atoms with Gasteiger partial charge in [0.2, 0.25) is 0 Å². The molecule has 3 rings (SSSR count). The monoisotopic (exact) mass is 377 g/mol. The normalized spacial score (nSPS) is 14.2. The summed E-state index contributed by atoms with van der Waals surface area (Å²) in [5, 5.41) is 20.4. The van der Waals surface area contributed by atoms with Gasteiger partial charge in [0, 0.05) is 5.56 Å². The SMILES string of the molecule is CCOc1ccc(C[NH+](C)[C@@H](C)/C(O)=C(\C#N)c2nc3ccccc3[nH]2)cc1. The Morgan fingerprint density at radius 1 is 1.25 bits per heavy atom. The van der Waals surface area contributed by atoms with Gasteiger partial charge < -0.3 is 19.7 Å². The Kier molecular flexibility index (Phi) is 5.97. The third-order valence-corrected chi connectivity index (χ3v) is 4.86. The number of benzene rings is 2. The van der Waals surface area contributed by atoms with Crippen molar-refractivity contribution in [3.63, 3.8) is 0 Å². The van der Waals surface area contributed by atoms with E-state index >= 15 is 0 Å². The van der Waals surface area contributed by atoms with Crippen LogP contribution in [-0.4, -0.2) is 34.8 Å². The number of hydrogen-bond acceptors (Lipinski definition) is 4. The van der Waals surface area contributed by atoms with E-state index in [1.165, 1.54) is 0 Å². The Morgan fingerprint density at radius 2 is 1.96 bits per heavy atom. The molecule has 0 aliphatic rings.